The number of rotatable bonds is 5. The van der Waals surface area contributed by atoms with E-state index in [1.54, 1.807) is 0 Å². The summed E-state index contributed by atoms with van der Waals surface area (Å²) in [7, 11) is 0. The van der Waals surface area contributed by atoms with Crippen molar-refractivity contribution in [2.75, 3.05) is 13.2 Å². The molecule has 6 nitrogen and oxygen atoms in total. The summed E-state index contributed by atoms with van der Waals surface area (Å²) in [5.41, 5.74) is 4.99. The van der Waals surface area contributed by atoms with Gasteiger partial charge in [-0.25, -0.2) is 0 Å². The summed E-state index contributed by atoms with van der Waals surface area (Å²) in [6, 6.07) is 0. The fraction of sp³-hybridized carbons (Fsp3) is 1.00. The van der Waals surface area contributed by atoms with Crippen LogP contribution in [0.4, 0.5) is 0 Å². The van der Waals surface area contributed by atoms with E-state index >= 15 is 0 Å². The molecule has 0 saturated heterocycles. The summed E-state index contributed by atoms with van der Waals surface area (Å²) in [6.45, 7) is -0.911. The Morgan fingerprint density at radius 3 is 1.69 bits per heavy atom. The zero-order valence-electron chi connectivity index (χ0n) is 9.24. The first kappa shape index (κ1) is 16.0. The number of hydrogen-bond donors (Lipinski definition) is 6. The van der Waals surface area contributed by atoms with Crippen LogP contribution in [0.3, 0.4) is 0 Å². The van der Waals surface area contributed by atoms with Crippen molar-refractivity contribution in [2.45, 2.75) is 24.4 Å². The fourth-order valence-corrected chi connectivity index (χ4v) is 0.703. The van der Waals surface area contributed by atoms with Crippen molar-refractivity contribution < 1.29 is 28.4 Å². The Balaban J connectivity index is -0.000000202. The number of hydrogen-bond acceptors (Lipinski definition) is 6. The molecular weight excluding hydrogens is 190 g/mol. The minimum Gasteiger partial charge on any atom is -1.00 e. The summed E-state index contributed by atoms with van der Waals surface area (Å²) in [5.74, 6) is 0. The molecule has 0 aliphatic rings. The maximum Gasteiger partial charge on any atom is 2.00 e. The number of nitrogens with two attached hydrogens (primary N) is 1. The van der Waals surface area contributed by atoms with Crippen molar-refractivity contribution in [3.63, 3.8) is 0 Å². The normalized spacial score (nSPS) is 19.8. The molecule has 78 valence electrons. The van der Waals surface area contributed by atoms with E-state index in [1.165, 1.54) is 0 Å². The van der Waals surface area contributed by atoms with Gasteiger partial charge in [0.2, 0.25) is 0 Å². The van der Waals surface area contributed by atoms with Gasteiger partial charge in [-0.15, -0.1) is 0 Å². The van der Waals surface area contributed by atoms with Crippen molar-refractivity contribution >= 4 is 23.1 Å². The van der Waals surface area contributed by atoms with Crippen LogP contribution in [-0.2, 0) is 0 Å². The van der Waals surface area contributed by atoms with Gasteiger partial charge >= 0.3 is 23.1 Å². The zero-order valence-corrected chi connectivity index (χ0v) is 8.66. The Kier molecular flexibility index (Phi) is 9.69. The molecule has 0 rings (SSSR count). The van der Waals surface area contributed by atoms with Gasteiger partial charge in [-0.3, -0.25) is 0 Å². The molecule has 0 saturated carbocycles. The topological polar surface area (TPSA) is 127 Å². The minimum absolute atomic E-state index is 0. The third kappa shape index (κ3) is 5.08. The van der Waals surface area contributed by atoms with Crippen molar-refractivity contribution in [3.05, 3.63) is 0 Å². The summed E-state index contributed by atoms with van der Waals surface area (Å²) in [4.78, 5) is 0. The maximum absolute atomic E-state index is 9.04. The Morgan fingerprint density at radius 2 is 1.38 bits per heavy atom. The first-order chi connectivity index (χ1) is 5.54. The van der Waals surface area contributed by atoms with Gasteiger partial charge in [-0.1, -0.05) is 0 Å². The second-order valence-corrected chi connectivity index (χ2v) is 2.53. The predicted molar refractivity (Wildman–Crippen MR) is 48.1 cm³/mol. The van der Waals surface area contributed by atoms with Crippen LogP contribution < -0.4 is 5.73 Å². The molecule has 0 radical (unpaired) electrons. The Hall–Kier alpha value is 0.526. The third-order valence-corrected chi connectivity index (χ3v) is 1.57. The van der Waals surface area contributed by atoms with Crippen LogP contribution in [0, 0.1) is 0 Å². The molecule has 0 aromatic heterocycles. The molecule has 0 aromatic carbocycles. The molecule has 0 aromatic rings. The van der Waals surface area contributed by atoms with Gasteiger partial charge in [0.15, 0.2) is 0 Å². The summed E-state index contributed by atoms with van der Waals surface area (Å²) in [5, 5.41) is 44.2. The zero-order chi connectivity index (χ0) is 9.72. The van der Waals surface area contributed by atoms with Gasteiger partial charge in [0.1, 0.15) is 18.3 Å². The molecular formula is C6H17MgNO5. The van der Waals surface area contributed by atoms with Crippen LogP contribution in [-0.4, -0.2) is 86.2 Å². The van der Waals surface area contributed by atoms with Crippen LogP contribution in [0.1, 0.15) is 2.85 Å². The van der Waals surface area contributed by atoms with Crippen LogP contribution in [0.15, 0.2) is 0 Å². The standard InChI is InChI=1S/C6H15NO5.Mg.2H/c7-1-3(9)5(11)6(12)4(10)2-8;;;/h3-6,8-12H,1-2,7H2;;;/q;+2;2*-1/t3-,4+,5+,6+;;;/m0.../s1. The van der Waals surface area contributed by atoms with E-state index in [1.807, 2.05) is 0 Å². The van der Waals surface area contributed by atoms with E-state index in [2.05, 4.69) is 0 Å². The Bertz CT molecular complexity index is 122. The summed E-state index contributed by atoms with van der Waals surface area (Å²) >= 11 is 0. The molecule has 0 fully saturated rings. The van der Waals surface area contributed by atoms with Crippen molar-refractivity contribution in [2.24, 2.45) is 5.73 Å². The average Bonchev–Trinajstić information content (AvgIpc) is 2.12. The number of aliphatic hydroxyl groups excluding tert-OH is 5. The quantitative estimate of drug-likeness (QED) is 0.257. The molecule has 0 heterocycles. The molecule has 0 unspecified atom stereocenters. The molecule has 7 N–H and O–H groups in total. The van der Waals surface area contributed by atoms with E-state index in [0.717, 1.165) is 0 Å². The monoisotopic (exact) mass is 207 g/mol. The van der Waals surface area contributed by atoms with Crippen molar-refractivity contribution in [1.29, 1.82) is 0 Å². The average molecular weight is 208 g/mol. The van der Waals surface area contributed by atoms with E-state index in [9.17, 15) is 0 Å². The van der Waals surface area contributed by atoms with Gasteiger partial charge in [-0.05, 0) is 0 Å². The van der Waals surface area contributed by atoms with E-state index in [-0.39, 0.29) is 32.5 Å². The smallest absolute Gasteiger partial charge is 1.00 e. The van der Waals surface area contributed by atoms with Gasteiger partial charge in [0.05, 0.1) is 12.7 Å². The van der Waals surface area contributed by atoms with Crippen LogP contribution in [0.5, 0.6) is 0 Å². The third-order valence-electron chi connectivity index (χ3n) is 1.57. The van der Waals surface area contributed by atoms with Crippen LogP contribution >= 0.6 is 0 Å². The van der Waals surface area contributed by atoms with E-state index < -0.39 is 31.0 Å². The molecule has 7 heteroatoms. The van der Waals surface area contributed by atoms with Gasteiger partial charge < -0.3 is 34.1 Å². The SMILES string of the molecule is NC[C@H](O)[C@@H](O)[C@H](O)[C@H](O)CO.[H-].[H-].[Mg+2]. The van der Waals surface area contributed by atoms with Crippen LogP contribution in [0.25, 0.3) is 0 Å². The molecule has 0 aliphatic heterocycles. The molecule has 0 aliphatic carbocycles. The predicted octanol–water partition coefficient (Wildman–Crippen LogP) is -3.77. The molecule has 4 atom stereocenters. The van der Waals surface area contributed by atoms with Crippen LogP contribution in [0.2, 0.25) is 0 Å². The fourth-order valence-electron chi connectivity index (χ4n) is 0.703. The van der Waals surface area contributed by atoms with Crippen molar-refractivity contribution in [1.82, 2.24) is 0 Å². The summed E-state index contributed by atoms with van der Waals surface area (Å²) < 4.78 is 0. The van der Waals surface area contributed by atoms with E-state index in [4.69, 9.17) is 31.3 Å². The molecule has 13 heavy (non-hydrogen) atoms. The molecule has 0 spiro atoms. The van der Waals surface area contributed by atoms with Crippen molar-refractivity contribution in [3.8, 4) is 0 Å². The first-order valence-electron chi connectivity index (χ1n) is 3.57. The number of aliphatic hydroxyl groups is 5. The first-order valence-corrected chi connectivity index (χ1v) is 3.57. The largest absolute Gasteiger partial charge is 2.00 e. The van der Waals surface area contributed by atoms with Gasteiger partial charge in [-0.2, -0.15) is 0 Å². The Morgan fingerprint density at radius 1 is 1.00 bits per heavy atom. The van der Waals surface area contributed by atoms with Gasteiger partial charge in [0, 0.05) is 6.54 Å². The second-order valence-electron chi connectivity index (χ2n) is 2.53. The molecule has 0 bridgehead atoms. The van der Waals surface area contributed by atoms with E-state index in [0.29, 0.717) is 0 Å². The Labute approximate surface area is 95.1 Å². The second kappa shape index (κ2) is 7.89. The minimum atomic E-state index is -1.59. The summed E-state index contributed by atoms with van der Waals surface area (Å²) in [6.07, 6.45) is -5.91. The maximum atomic E-state index is 9.04. The van der Waals surface area contributed by atoms with Gasteiger partial charge in [0.25, 0.3) is 0 Å². The molecule has 0 amide bonds.